The van der Waals surface area contributed by atoms with Crippen LogP contribution in [0.25, 0.3) is 21.1 Å². The van der Waals surface area contributed by atoms with Gasteiger partial charge in [0.1, 0.15) is 10.0 Å². The first-order valence-electron chi connectivity index (χ1n) is 15.6. The molecule has 42 heavy (non-hydrogen) atoms. The number of ether oxygens (including phenoxy) is 3. The minimum Gasteiger partial charge on any atom is -0.465 e. The maximum Gasteiger partial charge on any atom is 0.337 e. The van der Waals surface area contributed by atoms with E-state index in [2.05, 4.69) is 39.4 Å². The fraction of sp³-hybridized carbons (Fsp3) is 0.559. The molecule has 1 aliphatic heterocycles. The van der Waals surface area contributed by atoms with Crippen molar-refractivity contribution in [2.24, 2.45) is 11.8 Å². The third-order valence-electron chi connectivity index (χ3n) is 8.98. The second-order valence-electron chi connectivity index (χ2n) is 11.7. The average molecular weight is 592 g/mol. The van der Waals surface area contributed by atoms with Gasteiger partial charge in [0.2, 0.25) is 0 Å². The van der Waals surface area contributed by atoms with Crippen LogP contribution in [-0.4, -0.2) is 62.8 Å². The van der Waals surface area contributed by atoms with E-state index in [1.807, 2.05) is 12.1 Å². The van der Waals surface area contributed by atoms with E-state index in [0.29, 0.717) is 11.7 Å². The van der Waals surface area contributed by atoms with Crippen LogP contribution in [0.15, 0.2) is 48.5 Å². The highest BCUT2D eigenvalue weighted by Gasteiger charge is 2.30. The molecule has 3 aromatic rings. The zero-order valence-electron chi connectivity index (χ0n) is 25.1. The summed E-state index contributed by atoms with van der Waals surface area (Å²) < 4.78 is 16.1. The Morgan fingerprint density at radius 3 is 1.93 bits per heavy atom. The van der Waals surface area contributed by atoms with E-state index < -0.39 is 0 Å². The van der Waals surface area contributed by atoms with Gasteiger partial charge in [-0.15, -0.1) is 10.2 Å². The van der Waals surface area contributed by atoms with Crippen LogP contribution >= 0.6 is 11.3 Å². The molecule has 0 N–H and O–H groups in total. The molecule has 0 atom stereocenters. The predicted octanol–water partition coefficient (Wildman–Crippen LogP) is 7.66. The fourth-order valence-corrected chi connectivity index (χ4v) is 7.30. The first-order valence-corrected chi connectivity index (χ1v) is 16.4. The molecule has 1 saturated heterocycles. The normalized spacial score (nSPS) is 19.6. The minimum atomic E-state index is -0.340. The van der Waals surface area contributed by atoms with Crippen LogP contribution in [0.5, 0.6) is 0 Å². The number of methoxy groups -OCH3 is 2. The molecular weight excluding hydrogens is 546 g/mol. The van der Waals surface area contributed by atoms with Gasteiger partial charge in [0, 0.05) is 50.2 Å². The molecule has 5 rings (SSSR count). The van der Waals surface area contributed by atoms with Crippen LogP contribution < -0.4 is 4.90 Å². The Morgan fingerprint density at radius 2 is 1.33 bits per heavy atom. The van der Waals surface area contributed by atoms with Gasteiger partial charge < -0.3 is 19.1 Å². The highest BCUT2D eigenvalue weighted by molar-refractivity contribution is 7.17. The van der Waals surface area contributed by atoms with E-state index in [1.165, 1.54) is 70.6 Å². The molecule has 7 nitrogen and oxygen atoms in total. The quantitative estimate of drug-likeness (QED) is 0.149. The Kier molecular flexibility index (Phi) is 11.4. The summed E-state index contributed by atoms with van der Waals surface area (Å²) in [6, 6.07) is 16.1. The first-order chi connectivity index (χ1) is 20.6. The van der Waals surface area contributed by atoms with Crippen LogP contribution in [0, 0.1) is 11.8 Å². The van der Waals surface area contributed by atoms with Gasteiger partial charge >= 0.3 is 5.97 Å². The number of piperidine rings is 1. The summed E-state index contributed by atoms with van der Waals surface area (Å²) in [5.41, 5.74) is 3.84. The fourth-order valence-electron chi connectivity index (χ4n) is 6.45. The number of unbranched alkanes of at least 4 members (excludes halogenated alkanes) is 3. The van der Waals surface area contributed by atoms with Crippen molar-refractivity contribution in [2.45, 2.75) is 70.3 Å². The van der Waals surface area contributed by atoms with Gasteiger partial charge in [-0.1, -0.05) is 36.3 Å². The lowest BCUT2D eigenvalue weighted by Crippen LogP contribution is -2.37. The molecule has 0 spiro atoms. The maximum atomic E-state index is 11.7. The highest BCUT2D eigenvalue weighted by Crippen LogP contribution is 2.38. The molecule has 2 aromatic carbocycles. The SMILES string of the molecule is COCCCCCCOC1CCC(C2CCN(c3ccc(-c4nnc(-c5ccc(C(=O)OC)cc5)s4)cc3)CC2)CC1. The van der Waals surface area contributed by atoms with Crippen molar-refractivity contribution >= 4 is 23.0 Å². The Labute approximate surface area is 254 Å². The van der Waals surface area contributed by atoms with Crippen LogP contribution in [-0.2, 0) is 14.2 Å². The van der Waals surface area contributed by atoms with Crippen molar-refractivity contribution in [1.29, 1.82) is 0 Å². The lowest BCUT2D eigenvalue weighted by Gasteiger charge is -2.40. The molecule has 2 fully saturated rings. The number of hydrogen-bond acceptors (Lipinski definition) is 8. The van der Waals surface area contributed by atoms with Crippen LogP contribution in [0.3, 0.4) is 0 Å². The summed E-state index contributed by atoms with van der Waals surface area (Å²) in [6.45, 7) is 4.07. The predicted molar refractivity (Wildman–Crippen MR) is 169 cm³/mol. The molecule has 2 heterocycles. The van der Waals surface area contributed by atoms with E-state index in [1.54, 1.807) is 30.6 Å². The maximum absolute atomic E-state index is 11.7. The zero-order valence-corrected chi connectivity index (χ0v) is 25.9. The summed E-state index contributed by atoms with van der Waals surface area (Å²) in [6.07, 6.45) is 13.0. The Bertz CT molecular complexity index is 1230. The molecule has 1 saturated carbocycles. The molecule has 2 aliphatic rings. The molecule has 0 unspecified atom stereocenters. The third-order valence-corrected chi connectivity index (χ3v) is 10.0. The molecule has 0 bridgehead atoms. The smallest absolute Gasteiger partial charge is 0.337 e. The Balaban J connectivity index is 1.04. The minimum absolute atomic E-state index is 0.340. The second-order valence-corrected chi connectivity index (χ2v) is 12.6. The van der Waals surface area contributed by atoms with Crippen molar-refractivity contribution in [2.75, 3.05) is 45.4 Å². The molecule has 1 aromatic heterocycles. The number of benzene rings is 2. The summed E-state index contributed by atoms with van der Waals surface area (Å²) in [5, 5.41) is 10.6. The summed E-state index contributed by atoms with van der Waals surface area (Å²) in [7, 11) is 3.16. The Hall–Kier alpha value is -2.81. The van der Waals surface area contributed by atoms with Gasteiger partial charge in [-0.3, -0.25) is 0 Å². The number of esters is 1. The van der Waals surface area contributed by atoms with Crippen molar-refractivity contribution in [3.05, 3.63) is 54.1 Å². The molecular formula is C34H45N3O4S. The Morgan fingerprint density at radius 1 is 0.762 bits per heavy atom. The number of rotatable bonds is 13. The van der Waals surface area contributed by atoms with Crippen LogP contribution in [0.1, 0.15) is 74.6 Å². The largest absolute Gasteiger partial charge is 0.465 e. The van der Waals surface area contributed by atoms with E-state index >= 15 is 0 Å². The van der Waals surface area contributed by atoms with Crippen LogP contribution in [0.4, 0.5) is 5.69 Å². The third kappa shape index (κ3) is 8.17. The number of anilines is 1. The number of carbonyl (C=O) groups excluding carboxylic acids is 1. The lowest BCUT2D eigenvalue weighted by atomic mass is 9.75. The van der Waals surface area contributed by atoms with Crippen molar-refractivity contribution in [3.63, 3.8) is 0 Å². The summed E-state index contributed by atoms with van der Waals surface area (Å²) in [5.74, 6) is 1.38. The van der Waals surface area contributed by atoms with E-state index in [-0.39, 0.29) is 5.97 Å². The number of aromatic nitrogens is 2. The average Bonchev–Trinajstić information content (AvgIpc) is 3.55. The van der Waals surface area contributed by atoms with E-state index in [9.17, 15) is 4.79 Å². The standard InChI is InChI=1S/C34H45N3O4S/c1-39-23-5-3-4-6-24-41-31-17-13-25(14-18-31)26-19-21-37(22-20-26)30-15-11-28(12-16-30)33-36-35-32(42-33)27-7-9-29(10-8-27)34(38)40-2/h7-12,15-16,25-26,31H,3-6,13-14,17-24H2,1-2H3. The lowest BCUT2D eigenvalue weighted by molar-refractivity contribution is 0.00752. The van der Waals surface area contributed by atoms with Gasteiger partial charge in [-0.25, -0.2) is 4.79 Å². The summed E-state index contributed by atoms with van der Waals surface area (Å²) in [4.78, 5) is 14.2. The summed E-state index contributed by atoms with van der Waals surface area (Å²) >= 11 is 1.56. The molecule has 0 amide bonds. The van der Waals surface area contributed by atoms with Gasteiger partial charge in [0.25, 0.3) is 0 Å². The van der Waals surface area contributed by atoms with Crippen molar-refractivity contribution in [1.82, 2.24) is 10.2 Å². The number of nitrogens with zero attached hydrogens (tertiary/aromatic N) is 3. The zero-order chi connectivity index (χ0) is 29.1. The first kappa shape index (κ1) is 30.6. The molecule has 1 aliphatic carbocycles. The van der Waals surface area contributed by atoms with Gasteiger partial charge in [0.05, 0.1) is 18.8 Å². The van der Waals surface area contributed by atoms with Gasteiger partial charge in [-0.05, 0) is 99.6 Å². The monoisotopic (exact) mass is 591 g/mol. The van der Waals surface area contributed by atoms with Gasteiger partial charge in [0.15, 0.2) is 0 Å². The second kappa shape index (κ2) is 15.6. The molecule has 226 valence electrons. The molecule has 8 heteroatoms. The van der Waals surface area contributed by atoms with E-state index in [4.69, 9.17) is 14.2 Å². The van der Waals surface area contributed by atoms with Crippen molar-refractivity contribution in [3.8, 4) is 21.1 Å². The highest BCUT2D eigenvalue weighted by atomic mass is 32.1. The number of carbonyl (C=O) groups is 1. The van der Waals surface area contributed by atoms with Crippen molar-refractivity contribution < 1.29 is 19.0 Å². The number of hydrogen-bond donors (Lipinski definition) is 0. The van der Waals surface area contributed by atoms with Gasteiger partial charge in [-0.2, -0.15) is 0 Å². The molecule has 0 radical (unpaired) electrons. The van der Waals surface area contributed by atoms with Crippen LogP contribution in [0.2, 0.25) is 0 Å². The topological polar surface area (TPSA) is 73.8 Å². The van der Waals surface area contributed by atoms with E-state index in [0.717, 1.165) is 65.7 Å².